The van der Waals surface area contributed by atoms with Crippen LogP contribution in [0, 0.1) is 11.8 Å². The molecule has 0 aliphatic rings. The highest BCUT2D eigenvalue weighted by Gasteiger charge is 2.31. The van der Waals surface area contributed by atoms with Crippen molar-refractivity contribution in [2.24, 2.45) is 11.8 Å². The van der Waals surface area contributed by atoms with Gasteiger partial charge in [-0.3, -0.25) is 9.59 Å². The van der Waals surface area contributed by atoms with E-state index in [0.717, 1.165) is 35.2 Å². The number of aromatic nitrogens is 2. The number of nitrogens with one attached hydrogen (secondary N) is 2. The molecule has 0 saturated heterocycles. The minimum Gasteiger partial charge on any atom is -0.355 e. The van der Waals surface area contributed by atoms with Crippen LogP contribution in [0.25, 0.3) is 16.8 Å². The Morgan fingerprint density at radius 3 is 1.63 bits per heavy atom. The summed E-state index contributed by atoms with van der Waals surface area (Å²) < 4.78 is 1.94. The van der Waals surface area contributed by atoms with Crippen LogP contribution >= 0.6 is 0 Å². The Hall–Kier alpha value is -4.19. The largest absolute Gasteiger partial charge is 0.355 e. The average molecular weight is 579 g/mol. The zero-order chi connectivity index (χ0) is 31.0. The molecule has 2 amide bonds. The molecule has 4 rings (SSSR count). The lowest BCUT2D eigenvalue weighted by Crippen LogP contribution is -2.42. The zero-order valence-electron chi connectivity index (χ0n) is 26.4. The van der Waals surface area contributed by atoms with Gasteiger partial charge in [0, 0.05) is 31.2 Å². The summed E-state index contributed by atoms with van der Waals surface area (Å²) in [6.45, 7) is 13.5. The highest BCUT2D eigenvalue weighted by Crippen LogP contribution is 2.28. The van der Waals surface area contributed by atoms with Crippen molar-refractivity contribution in [3.8, 4) is 16.8 Å². The van der Waals surface area contributed by atoms with Gasteiger partial charge in [0.1, 0.15) is 0 Å². The lowest BCUT2D eigenvalue weighted by atomic mass is 9.83. The van der Waals surface area contributed by atoms with E-state index < -0.39 is 10.8 Å². The monoisotopic (exact) mass is 578 g/mol. The van der Waals surface area contributed by atoms with Gasteiger partial charge in [0.25, 0.3) is 0 Å². The first-order chi connectivity index (χ1) is 20.5. The number of carbonyl (C=O) groups is 2. The second kappa shape index (κ2) is 13.9. The SMILES string of the molecule is CC(CCC(C)CNC(=O)C(C)(C)c1ccc(-n2ccnc2)cc1)CNC(=O)C(C)(C)c1ccc(-c2ccccc2)cc1. The molecule has 6 nitrogen and oxygen atoms in total. The third-order valence-corrected chi connectivity index (χ3v) is 8.61. The molecule has 1 aromatic heterocycles. The summed E-state index contributed by atoms with van der Waals surface area (Å²) in [7, 11) is 0. The van der Waals surface area contributed by atoms with E-state index in [1.54, 1.807) is 12.5 Å². The van der Waals surface area contributed by atoms with Gasteiger partial charge in [-0.05, 0) is 86.8 Å². The number of benzene rings is 3. The van der Waals surface area contributed by atoms with Crippen LogP contribution in [0.5, 0.6) is 0 Å². The molecule has 226 valence electrons. The molecule has 6 heteroatoms. The number of amides is 2. The number of hydrogen-bond acceptors (Lipinski definition) is 3. The number of rotatable bonds is 13. The Morgan fingerprint density at radius 2 is 1.16 bits per heavy atom. The maximum absolute atomic E-state index is 13.2. The smallest absolute Gasteiger partial charge is 0.230 e. The molecule has 1 heterocycles. The first-order valence-corrected chi connectivity index (χ1v) is 15.3. The van der Waals surface area contributed by atoms with Gasteiger partial charge in [-0.2, -0.15) is 0 Å². The summed E-state index contributed by atoms with van der Waals surface area (Å²) in [6.07, 6.45) is 7.35. The van der Waals surface area contributed by atoms with Crippen molar-refractivity contribution in [2.75, 3.05) is 13.1 Å². The Morgan fingerprint density at radius 1 is 0.698 bits per heavy atom. The summed E-state index contributed by atoms with van der Waals surface area (Å²) >= 11 is 0. The molecule has 2 N–H and O–H groups in total. The molecule has 2 unspecified atom stereocenters. The van der Waals surface area contributed by atoms with Gasteiger partial charge >= 0.3 is 0 Å². The average Bonchev–Trinajstić information content (AvgIpc) is 3.57. The van der Waals surface area contributed by atoms with Gasteiger partial charge in [0.05, 0.1) is 17.2 Å². The van der Waals surface area contributed by atoms with Crippen LogP contribution < -0.4 is 10.6 Å². The predicted octanol–water partition coefficient (Wildman–Crippen LogP) is 7.08. The molecule has 43 heavy (non-hydrogen) atoms. The zero-order valence-corrected chi connectivity index (χ0v) is 26.4. The molecule has 2 atom stereocenters. The first-order valence-electron chi connectivity index (χ1n) is 15.3. The van der Waals surface area contributed by atoms with Crippen molar-refractivity contribution in [2.45, 2.75) is 65.2 Å². The Kier molecular flexibility index (Phi) is 10.2. The fraction of sp³-hybridized carbons (Fsp3) is 0.378. The van der Waals surface area contributed by atoms with E-state index in [2.05, 4.69) is 65.9 Å². The van der Waals surface area contributed by atoms with Gasteiger partial charge < -0.3 is 15.2 Å². The Labute approximate surface area is 257 Å². The van der Waals surface area contributed by atoms with Crippen LogP contribution in [0.4, 0.5) is 0 Å². The number of carbonyl (C=O) groups excluding carboxylic acids is 2. The normalized spacial score (nSPS) is 13.3. The lowest BCUT2D eigenvalue weighted by Gasteiger charge is -2.26. The van der Waals surface area contributed by atoms with Gasteiger partial charge in [-0.15, -0.1) is 0 Å². The van der Waals surface area contributed by atoms with Crippen molar-refractivity contribution < 1.29 is 9.59 Å². The quantitative estimate of drug-likeness (QED) is 0.178. The number of imidazole rings is 1. The summed E-state index contributed by atoms with van der Waals surface area (Å²) in [5.41, 5.74) is 4.03. The maximum atomic E-state index is 13.2. The topological polar surface area (TPSA) is 76.0 Å². The van der Waals surface area contributed by atoms with Gasteiger partial charge in [-0.25, -0.2) is 4.98 Å². The van der Waals surface area contributed by atoms with Crippen molar-refractivity contribution in [1.82, 2.24) is 20.2 Å². The van der Waals surface area contributed by atoms with Crippen molar-refractivity contribution in [1.29, 1.82) is 0 Å². The van der Waals surface area contributed by atoms with Crippen LogP contribution in [0.1, 0.15) is 65.5 Å². The molecule has 0 saturated carbocycles. The molecule has 0 aliphatic heterocycles. The van der Waals surface area contributed by atoms with Gasteiger partial charge in [0.15, 0.2) is 0 Å². The minimum atomic E-state index is -0.639. The van der Waals surface area contributed by atoms with Crippen molar-refractivity contribution in [3.05, 3.63) is 109 Å². The highest BCUT2D eigenvalue weighted by atomic mass is 16.2. The summed E-state index contributed by atoms with van der Waals surface area (Å²) in [4.78, 5) is 30.4. The molecular formula is C37H46N4O2. The van der Waals surface area contributed by atoms with E-state index >= 15 is 0 Å². The standard InChI is InChI=1S/C37H46N4O2/c1-27(24-39-34(42)36(3,4)31-16-14-30(15-17-31)29-10-8-7-9-11-29)12-13-28(2)25-40-35(43)37(5,6)32-18-20-33(21-19-32)41-23-22-38-26-41/h7-11,14-23,26-28H,12-13,24-25H2,1-6H3,(H,39,42)(H,40,43). The first kappa shape index (κ1) is 31.7. The predicted molar refractivity (Wildman–Crippen MR) is 175 cm³/mol. The van der Waals surface area contributed by atoms with Crippen LogP contribution in [-0.4, -0.2) is 34.5 Å². The van der Waals surface area contributed by atoms with Crippen LogP contribution in [-0.2, 0) is 20.4 Å². The fourth-order valence-corrected chi connectivity index (χ4v) is 5.18. The van der Waals surface area contributed by atoms with E-state index in [1.165, 1.54) is 5.56 Å². The summed E-state index contributed by atoms with van der Waals surface area (Å²) in [5.74, 6) is 0.728. The molecule has 0 fully saturated rings. The van der Waals surface area contributed by atoms with E-state index in [-0.39, 0.29) is 11.8 Å². The maximum Gasteiger partial charge on any atom is 0.230 e. The van der Waals surface area contributed by atoms with Crippen LogP contribution in [0.15, 0.2) is 97.6 Å². The molecule has 3 aromatic carbocycles. The third kappa shape index (κ3) is 8.01. The van der Waals surface area contributed by atoms with E-state index in [0.29, 0.717) is 24.9 Å². The Balaban J connectivity index is 1.19. The van der Waals surface area contributed by atoms with Gasteiger partial charge in [0.2, 0.25) is 11.8 Å². The molecule has 0 bridgehead atoms. The van der Waals surface area contributed by atoms with E-state index in [4.69, 9.17) is 0 Å². The summed E-state index contributed by atoms with van der Waals surface area (Å²) in [5, 5.41) is 6.34. The molecule has 0 aliphatic carbocycles. The van der Waals surface area contributed by atoms with E-state index in [1.807, 2.05) is 80.9 Å². The number of nitrogens with zero attached hydrogens (tertiary/aromatic N) is 2. The molecule has 4 aromatic rings. The second-order valence-electron chi connectivity index (χ2n) is 12.9. The van der Waals surface area contributed by atoms with Crippen LogP contribution in [0.3, 0.4) is 0 Å². The third-order valence-electron chi connectivity index (χ3n) is 8.61. The van der Waals surface area contributed by atoms with Crippen LogP contribution in [0.2, 0.25) is 0 Å². The Bertz CT molecular complexity index is 1460. The van der Waals surface area contributed by atoms with E-state index in [9.17, 15) is 9.59 Å². The fourth-order valence-electron chi connectivity index (χ4n) is 5.18. The minimum absolute atomic E-state index is 0.0223. The molecule has 0 spiro atoms. The van der Waals surface area contributed by atoms with Gasteiger partial charge in [-0.1, -0.05) is 80.6 Å². The lowest BCUT2D eigenvalue weighted by molar-refractivity contribution is -0.126. The highest BCUT2D eigenvalue weighted by molar-refractivity contribution is 5.88. The van der Waals surface area contributed by atoms with Crippen molar-refractivity contribution in [3.63, 3.8) is 0 Å². The molecule has 0 radical (unpaired) electrons. The second-order valence-corrected chi connectivity index (χ2v) is 12.9. The summed E-state index contributed by atoms with van der Waals surface area (Å²) in [6, 6.07) is 26.6. The number of hydrogen-bond donors (Lipinski definition) is 2. The molecular weight excluding hydrogens is 532 g/mol. The van der Waals surface area contributed by atoms with Crippen molar-refractivity contribution >= 4 is 11.8 Å².